The lowest BCUT2D eigenvalue weighted by Crippen LogP contribution is -2.62. The van der Waals surface area contributed by atoms with E-state index in [-0.39, 0.29) is 68.8 Å². The van der Waals surface area contributed by atoms with Crippen molar-refractivity contribution in [2.24, 2.45) is 28.7 Å². The van der Waals surface area contributed by atoms with Gasteiger partial charge in [0.25, 0.3) is 0 Å². The fourth-order valence-corrected chi connectivity index (χ4v) is 12.7. The topological polar surface area (TPSA) is 813 Å². The van der Waals surface area contributed by atoms with Crippen molar-refractivity contribution in [1.82, 2.24) is 89.3 Å². The highest BCUT2D eigenvalue weighted by molar-refractivity contribution is 7.99. The Morgan fingerprint density at radius 1 is 0.467 bits per heavy atom. The molecule has 0 saturated carbocycles. The number of likely N-dealkylation sites (tertiary alicyclic amines) is 1. The second-order valence-electron chi connectivity index (χ2n) is 27.4. The molecule has 0 aliphatic carbocycles. The summed E-state index contributed by atoms with van der Waals surface area (Å²) in [4.78, 5) is 274. The molecule has 2 rings (SSSR count). The van der Waals surface area contributed by atoms with Crippen LogP contribution >= 0.6 is 35.3 Å². The van der Waals surface area contributed by atoms with Crippen LogP contribution in [0.3, 0.4) is 0 Å². The molecule has 1 aromatic heterocycles. The minimum atomic E-state index is -2.10. The lowest BCUT2D eigenvalue weighted by atomic mass is 10.1. The molecular formula is C68H112N22O27S3. The summed E-state index contributed by atoms with van der Waals surface area (Å²) in [6.45, 7) is -2.71. The summed E-state index contributed by atoms with van der Waals surface area (Å²) in [5, 5.41) is 103. The van der Waals surface area contributed by atoms with Gasteiger partial charge in [-0.2, -0.15) is 35.3 Å². The molecule has 0 radical (unpaired) electrons. The molecule has 32 N–H and O–H groups in total. The van der Waals surface area contributed by atoms with Gasteiger partial charge >= 0.3 is 11.9 Å². The molecule has 1 aliphatic rings. The lowest BCUT2D eigenvalue weighted by molar-refractivity contribution is -0.146. The molecule has 1 aliphatic heterocycles. The van der Waals surface area contributed by atoms with Crippen molar-refractivity contribution in [2.75, 3.05) is 75.5 Å². The molecule has 52 heteroatoms. The van der Waals surface area contributed by atoms with Gasteiger partial charge in [-0.25, -0.2) is 9.78 Å². The van der Waals surface area contributed by atoms with Gasteiger partial charge in [0.15, 0.2) is 0 Å². The Hall–Kier alpha value is -10.6. The van der Waals surface area contributed by atoms with Gasteiger partial charge in [0.2, 0.25) is 106 Å². The maximum Gasteiger partial charge on any atom is 0.326 e. The fourth-order valence-electron chi connectivity index (χ4n) is 11.3. The minimum absolute atomic E-state index is 0.00761. The molecule has 1 saturated heterocycles. The Balaban J connectivity index is 2.30. The van der Waals surface area contributed by atoms with Crippen LogP contribution in [-0.2, 0) is 102 Å². The van der Waals surface area contributed by atoms with E-state index in [0.717, 1.165) is 30.5 Å². The quantitative estimate of drug-likeness (QED) is 0.0269. The van der Waals surface area contributed by atoms with Crippen LogP contribution in [0.4, 0.5) is 0 Å². The molecular weight excluding hydrogens is 1650 g/mol. The second-order valence-corrected chi connectivity index (χ2v) is 30.4. The van der Waals surface area contributed by atoms with Crippen molar-refractivity contribution in [3.05, 3.63) is 18.2 Å². The monoisotopic (exact) mass is 1760 g/mol. The zero-order valence-corrected chi connectivity index (χ0v) is 69.0. The van der Waals surface area contributed by atoms with E-state index in [1.807, 2.05) is 5.32 Å². The van der Waals surface area contributed by atoms with Gasteiger partial charge in [-0.1, -0.05) is 0 Å². The van der Waals surface area contributed by atoms with Crippen molar-refractivity contribution in [3.63, 3.8) is 0 Å². The van der Waals surface area contributed by atoms with Crippen LogP contribution < -0.4 is 103 Å². The van der Waals surface area contributed by atoms with Gasteiger partial charge in [-0.3, -0.25) is 91.1 Å². The third kappa shape index (κ3) is 37.3. The summed E-state index contributed by atoms with van der Waals surface area (Å²) >= 11 is 3.80. The molecule has 120 heavy (non-hydrogen) atoms. The summed E-state index contributed by atoms with van der Waals surface area (Å²) in [6.07, 6.45) is 1.89. The SMILES string of the molecule is CSCC[C@H](NC(=O)[C@H](CC(N)=O)NC(=O)[C@H](CO)NC(=O)[C@H](CO)NC(=O)[C@H](Cc1cnc[nH]1)NC(=O)[C@H](CO)NC(=O)[C@H](CO)NC(=O)[C@@H]1CCCN1C(=O)[C@H](CC(=O)O)NC(=O)[C@@H](N)CCSC)C(=O)N[C@@H](C)C(=O)N[C@@H](CC(N)=O)C(=O)N[C@H](C(=O)N[C@@H](CCC(N)=O)C(=O)N[C@@H](CCSC)C(=O)N[C@@H](CCCCN)C(=O)O)[C@@H](C)O. The number of aromatic nitrogens is 2. The van der Waals surface area contributed by atoms with E-state index in [9.17, 15) is 132 Å². The number of aliphatic hydroxyl groups excluding tert-OH is 5. The van der Waals surface area contributed by atoms with E-state index in [2.05, 4.69) is 79.1 Å². The van der Waals surface area contributed by atoms with E-state index in [4.69, 9.17) is 28.7 Å². The van der Waals surface area contributed by atoms with Crippen LogP contribution in [0, 0.1) is 0 Å². The number of nitrogens with two attached hydrogens (primary N) is 5. The first kappa shape index (κ1) is 105. The number of imidazole rings is 1. The maximum absolute atomic E-state index is 14.0. The van der Waals surface area contributed by atoms with E-state index in [1.54, 1.807) is 18.8 Å². The first-order valence-corrected chi connectivity index (χ1v) is 41.7. The predicted octanol–water partition coefficient (Wildman–Crippen LogP) is -13.6. The number of H-pyrrole nitrogens is 1. The Labute approximate surface area is 700 Å². The van der Waals surface area contributed by atoms with Gasteiger partial charge in [0.05, 0.1) is 64.2 Å². The number of carboxylic acids is 2. The number of thioether (sulfide) groups is 3. The van der Waals surface area contributed by atoms with E-state index >= 15 is 0 Å². The summed E-state index contributed by atoms with van der Waals surface area (Å²) in [6, 6.07) is -27.9. The number of nitrogens with one attached hydrogen (secondary N) is 15. The van der Waals surface area contributed by atoms with Gasteiger partial charge in [-0.15, -0.1) is 0 Å². The van der Waals surface area contributed by atoms with Gasteiger partial charge in [0, 0.05) is 31.3 Å². The molecule has 0 spiro atoms. The predicted molar refractivity (Wildman–Crippen MR) is 426 cm³/mol. The molecule has 674 valence electrons. The highest BCUT2D eigenvalue weighted by Gasteiger charge is 2.43. The number of carbonyl (C=O) groups excluding carboxylic acids is 18. The van der Waals surface area contributed by atoms with E-state index < -0.39 is 286 Å². The average molecular weight is 1770 g/mol. The number of unbranched alkanes of at least 4 members (excludes halogenated alkanes) is 1. The highest BCUT2D eigenvalue weighted by Crippen LogP contribution is 2.21. The molecule has 17 atom stereocenters. The van der Waals surface area contributed by atoms with E-state index in [1.165, 1.54) is 36.0 Å². The number of primary amides is 3. The molecule has 0 unspecified atom stereocenters. The van der Waals surface area contributed by atoms with E-state index in [0.29, 0.717) is 18.6 Å². The van der Waals surface area contributed by atoms with Gasteiger partial charge < -0.3 is 149 Å². The van der Waals surface area contributed by atoms with Gasteiger partial charge in [-0.05, 0) is 114 Å². The molecule has 0 aromatic carbocycles. The number of hydrogen-bond acceptors (Lipinski definition) is 31. The number of carbonyl (C=O) groups is 20. The van der Waals surface area contributed by atoms with Crippen molar-refractivity contribution in [1.29, 1.82) is 0 Å². The fraction of sp³-hybridized carbons (Fsp3) is 0.662. The minimum Gasteiger partial charge on any atom is -0.481 e. The van der Waals surface area contributed by atoms with Crippen LogP contribution in [0.25, 0.3) is 0 Å². The van der Waals surface area contributed by atoms with Crippen LogP contribution in [0.5, 0.6) is 0 Å². The maximum atomic E-state index is 14.0. The zero-order chi connectivity index (χ0) is 90.6. The number of aromatic amines is 1. The number of amides is 18. The third-order valence-electron chi connectivity index (χ3n) is 17.9. The Kier molecular flexibility index (Phi) is 48.6. The Morgan fingerprint density at radius 2 is 0.867 bits per heavy atom. The van der Waals surface area contributed by atoms with Crippen LogP contribution in [0.1, 0.15) is 103 Å². The molecule has 18 amide bonds. The Bertz CT molecular complexity index is 3690. The molecule has 0 bridgehead atoms. The molecule has 49 nitrogen and oxygen atoms in total. The smallest absolute Gasteiger partial charge is 0.326 e. The normalized spacial score (nSPS) is 16.4. The van der Waals surface area contributed by atoms with Crippen molar-refractivity contribution >= 4 is 154 Å². The van der Waals surface area contributed by atoms with Crippen LogP contribution in [-0.4, -0.2) is 347 Å². The Morgan fingerprint density at radius 3 is 1.31 bits per heavy atom. The van der Waals surface area contributed by atoms with Crippen molar-refractivity contribution in [2.45, 2.75) is 207 Å². The first-order chi connectivity index (χ1) is 56.6. The number of hydrogen-bond donors (Lipinski definition) is 27. The standard InChI is InChI=1S/C68H112N22O27S3/c1-31(53(101)81-41(23-50(73)98)60(108)89-52(32(2)95)66(114)79-35(11-12-48(71)96)56(104)77-37(15-20-120-5)57(105)80-38(68(116)117)9-6-7-16-69)76-55(103)36(14-19-119-4)78-59(107)40(22-49(72)97)83-62(110)44(27-92)86-63(111)45(28-93)85-58(106)39(21-33-25-74-30-75-33)82-61(109)43(26-91)87-64(112)46(29-94)88-65(113)47-10-8-17-90(47)67(115)42(24-51(99)100)84-54(102)34(70)13-18-118-3/h25,30-32,34-47,52,91-95H,6-24,26-29,69-70H2,1-5H3,(H2,71,96)(H2,72,97)(H2,73,98)(H,74,75)(H,76,103)(H,77,104)(H,78,107)(H,79,114)(H,80,105)(H,81,101)(H,82,109)(H,83,110)(H,84,102)(H,85,106)(H,86,111)(H,87,112)(H,88,113)(H,89,108)(H,99,100)(H,116,117)/t31-,32+,34-,35-,36-,37-,38-,39-,40-,41-,42-,43-,44-,45-,46-,47-,52-/m0/s1. The van der Waals surface area contributed by atoms with Gasteiger partial charge in [0.1, 0.15) is 90.6 Å². The third-order valence-corrected chi connectivity index (χ3v) is 19.9. The van der Waals surface area contributed by atoms with Crippen molar-refractivity contribution in [3.8, 4) is 0 Å². The molecule has 1 fully saturated rings. The molecule has 1 aromatic rings. The summed E-state index contributed by atoms with van der Waals surface area (Å²) in [5.41, 5.74) is 27.8. The largest absolute Gasteiger partial charge is 0.481 e. The number of nitrogens with zero attached hydrogens (tertiary/aromatic N) is 2. The second kappa shape index (κ2) is 55.3. The summed E-state index contributed by atoms with van der Waals surface area (Å²) in [7, 11) is 0. The van der Waals surface area contributed by atoms with Crippen molar-refractivity contribution < 1.29 is 132 Å². The number of rotatable bonds is 59. The number of carboxylic acid groups (broad SMARTS) is 2. The number of aliphatic carboxylic acids is 2. The highest BCUT2D eigenvalue weighted by atomic mass is 32.2. The van der Waals surface area contributed by atoms with Crippen LogP contribution in [0.15, 0.2) is 12.5 Å². The first-order valence-electron chi connectivity index (χ1n) is 37.5. The van der Waals surface area contributed by atoms with Crippen LogP contribution in [0.2, 0.25) is 0 Å². The number of aliphatic hydroxyl groups is 5. The summed E-state index contributed by atoms with van der Waals surface area (Å²) in [5.74, 6) is -23.4. The molecule has 2 heterocycles. The average Bonchev–Trinajstić information content (AvgIpc) is 1.68. The summed E-state index contributed by atoms with van der Waals surface area (Å²) < 4.78 is 0. The zero-order valence-electron chi connectivity index (χ0n) is 66.5. The lowest BCUT2D eigenvalue weighted by Gasteiger charge is -2.30.